The first-order valence-corrected chi connectivity index (χ1v) is 12.0. The predicted octanol–water partition coefficient (Wildman–Crippen LogP) is 3.32. The van der Waals surface area contributed by atoms with Gasteiger partial charge in [-0.1, -0.05) is 48.5 Å². The number of hydrogen-bond donors (Lipinski definition) is 0. The third-order valence-corrected chi connectivity index (χ3v) is 7.75. The van der Waals surface area contributed by atoms with E-state index in [-0.39, 0.29) is 18.2 Å². The summed E-state index contributed by atoms with van der Waals surface area (Å²) >= 11 is 0. The zero-order valence-electron chi connectivity index (χ0n) is 16.7. The molecule has 29 heavy (non-hydrogen) atoms. The summed E-state index contributed by atoms with van der Waals surface area (Å²) in [6, 6.07) is 17.6. The van der Waals surface area contributed by atoms with Crippen LogP contribution in [0, 0.1) is 5.92 Å². The van der Waals surface area contributed by atoms with Gasteiger partial charge in [0.05, 0.1) is 5.75 Å². The lowest BCUT2D eigenvalue weighted by Crippen LogP contribution is -2.43. The van der Waals surface area contributed by atoms with Gasteiger partial charge in [0.25, 0.3) is 5.91 Å². The van der Waals surface area contributed by atoms with Crippen molar-refractivity contribution < 1.29 is 13.2 Å². The quantitative estimate of drug-likeness (QED) is 0.730. The van der Waals surface area contributed by atoms with Gasteiger partial charge in [0.2, 0.25) is 10.0 Å². The minimum absolute atomic E-state index is 0.0835. The van der Waals surface area contributed by atoms with Crippen LogP contribution in [0.4, 0.5) is 0 Å². The monoisotopic (exact) mass is 412 g/mol. The number of benzene rings is 2. The predicted molar refractivity (Wildman–Crippen MR) is 114 cm³/mol. The molecule has 2 heterocycles. The van der Waals surface area contributed by atoms with E-state index < -0.39 is 10.0 Å². The van der Waals surface area contributed by atoms with Gasteiger partial charge >= 0.3 is 0 Å². The first-order chi connectivity index (χ1) is 14.0. The highest BCUT2D eigenvalue weighted by Gasteiger charge is 2.35. The normalized spacial score (nSPS) is 19.9. The summed E-state index contributed by atoms with van der Waals surface area (Å²) < 4.78 is 26.2. The van der Waals surface area contributed by atoms with Gasteiger partial charge in [-0.2, -0.15) is 0 Å². The van der Waals surface area contributed by atoms with Gasteiger partial charge in [-0.25, -0.2) is 12.7 Å². The number of carbonyl (C=O) groups excluding carboxylic acids is 1. The molecule has 2 aromatic carbocycles. The van der Waals surface area contributed by atoms with Crippen LogP contribution in [0.2, 0.25) is 0 Å². The maximum atomic E-state index is 12.7. The molecule has 2 aliphatic rings. The van der Waals surface area contributed by atoms with Crippen molar-refractivity contribution in [2.45, 2.75) is 31.4 Å². The first-order valence-electron chi connectivity index (χ1n) is 10.4. The van der Waals surface area contributed by atoms with Crippen LogP contribution in [0.15, 0.2) is 54.6 Å². The Hall–Kier alpha value is -2.18. The Morgan fingerprint density at radius 3 is 2.34 bits per heavy atom. The molecule has 4 rings (SSSR count). The third-order valence-electron chi connectivity index (χ3n) is 6.06. The molecule has 1 amide bonds. The number of amides is 1. The minimum atomic E-state index is -3.57. The van der Waals surface area contributed by atoms with Gasteiger partial charge in [0.15, 0.2) is 0 Å². The number of carbonyl (C=O) groups is 1. The van der Waals surface area contributed by atoms with E-state index in [0.29, 0.717) is 23.5 Å². The number of fused-ring (bicyclic) bond motifs is 1. The molecule has 0 saturated carbocycles. The third kappa shape index (κ3) is 4.70. The standard InChI is InChI=1S/C23H28N2O3S/c26-23-22-10-5-4-9-21(22)18-29(27,28)25(23)14-6-13-24-15-11-20(12-16-24)17-19-7-2-1-3-8-19/h1-5,7-10,20H,6,11-18H2. The summed E-state index contributed by atoms with van der Waals surface area (Å²) in [5, 5.41) is 0. The number of sulfonamides is 1. The largest absolute Gasteiger partial charge is 0.303 e. The smallest absolute Gasteiger partial charge is 0.267 e. The Morgan fingerprint density at radius 2 is 1.59 bits per heavy atom. The molecule has 2 aliphatic heterocycles. The molecule has 0 atom stereocenters. The van der Waals surface area contributed by atoms with Crippen molar-refractivity contribution in [2.75, 3.05) is 26.2 Å². The van der Waals surface area contributed by atoms with Crippen LogP contribution in [0.25, 0.3) is 0 Å². The van der Waals surface area contributed by atoms with Crippen LogP contribution in [-0.4, -0.2) is 49.7 Å². The Balaban J connectivity index is 1.26. The number of piperidine rings is 1. The maximum Gasteiger partial charge on any atom is 0.267 e. The highest BCUT2D eigenvalue weighted by molar-refractivity contribution is 7.89. The SMILES string of the molecule is O=C1c2ccccc2CS(=O)(=O)N1CCCN1CCC(Cc2ccccc2)CC1. The fraction of sp³-hybridized carbons (Fsp3) is 0.435. The van der Waals surface area contributed by atoms with Crippen molar-refractivity contribution in [3.8, 4) is 0 Å². The van der Waals surface area contributed by atoms with Crippen LogP contribution in [-0.2, 0) is 22.2 Å². The van der Waals surface area contributed by atoms with E-state index in [4.69, 9.17) is 0 Å². The van der Waals surface area contributed by atoms with Gasteiger partial charge in [0, 0.05) is 12.1 Å². The van der Waals surface area contributed by atoms with Gasteiger partial charge in [-0.3, -0.25) is 4.79 Å². The molecule has 6 heteroatoms. The van der Waals surface area contributed by atoms with E-state index in [9.17, 15) is 13.2 Å². The van der Waals surface area contributed by atoms with Gasteiger partial charge in [0.1, 0.15) is 0 Å². The summed E-state index contributed by atoms with van der Waals surface area (Å²) in [6.07, 6.45) is 4.15. The minimum Gasteiger partial charge on any atom is -0.303 e. The molecule has 0 radical (unpaired) electrons. The van der Waals surface area contributed by atoms with E-state index in [2.05, 4.69) is 35.2 Å². The van der Waals surface area contributed by atoms with Crippen molar-refractivity contribution >= 4 is 15.9 Å². The number of likely N-dealkylation sites (tertiary alicyclic amines) is 1. The fourth-order valence-electron chi connectivity index (χ4n) is 4.43. The Kier molecular flexibility index (Phi) is 6.01. The Morgan fingerprint density at radius 1 is 0.897 bits per heavy atom. The van der Waals surface area contributed by atoms with Crippen molar-refractivity contribution in [1.29, 1.82) is 0 Å². The van der Waals surface area contributed by atoms with Crippen LogP contribution in [0.5, 0.6) is 0 Å². The lowest BCUT2D eigenvalue weighted by Gasteiger charge is -2.33. The van der Waals surface area contributed by atoms with Gasteiger partial charge in [-0.05, 0) is 68.4 Å². The summed E-state index contributed by atoms with van der Waals surface area (Å²) in [5.41, 5.74) is 2.53. The summed E-state index contributed by atoms with van der Waals surface area (Å²) in [6.45, 7) is 3.18. The molecule has 154 valence electrons. The highest BCUT2D eigenvalue weighted by Crippen LogP contribution is 2.25. The Labute approximate surface area is 173 Å². The van der Waals surface area contributed by atoms with Crippen molar-refractivity contribution in [2.24, 2.45) is 5.92 Å². The van der Waals surface area contributed by atoms with Gasteiger partial charge in [-0.15, -0.1) is 0 Å². The second kappa shape index (κ2) is 8.67. The molecule has 0 N–H and O–H groups in total. The van der Waals surface area contributed by atoms with E-state index in [1.165, 1.54) is 18.4 Å². The van der Waals surface area contributed by atoms with E-state index in [0.717, 1.165) is 30.4 Å². The molecular formula is C23H28N2O3S. The molecule has 2 aromatic rings. The highest BCUT2D eigenvalue weighted by atomic mass is 32.2. The second-order valence-corrected chi connectivity index (χ2v) is 10.0. The molecule has 0 aliphatic carbocycles. The number of hydrogen-bond acceptors (Lipinski definition) is 4. The molecule has 0 bridgehead atoms. The fourth-order valence-corrected chi connectivity index (χ4v) is 5.99. The van der Waals surface area contributed by atoms with Crippen molar-refractivity contribution in [3.63, 3.8) is 0 Å². The van der Waals surface area contributed by atoms with Crippen LogP contribution in [0.1, 0.15) is 40.7 Å². The second-order valence-electron chi connectivity index (χ2n) is 8.12. The van der Waals surface area contributed by atoms with Crippen molar-refractivity contribution in [1.82, 2.24) is 9.21 Å². The molecule has 1 fully saturated rings. The van der Waals surface area contributed by atoms with E-state index in [1.807, 2.05) is 0 Å². The molecule has 0 unspecified atom stereocenters. The lowest BCUT2D eigenvalue weighted by molar-refractivity contribution is 0.0849. The molecule has 0 spiro atoms. The molecule has 0 aromatic heterocycles. The molecule has 5 nitrogen and oxygen atoms in total. The van der Waals surface area contributed by atoms with Crippen LogP contribution < -0.4 is 0 Å². The maximum absolute atomic E-state index is 12.7. The van der Waals surface area contributed by atoms with Crippen molar-refractivity contribution in [3.05, 3.63) is 71.3 Å². The Bertz CT molecular complexity index is 951. The zero-order valence-corrected chi connectivity index (χ0v) is 17.5. The lowest BCUT2D eigenvalue weighted by atomic mass is 9.90. The van der Waals surface area contributed by atoms with E-state index >= 15 is 0 Å². The van der Waals surface area contributed by atoms with Gasteiger partial charge < -0.3 is 4.90 Å². The summed E-state index contributed by atoms with van der Waals surface area (Å²) in [5.74, 6) is 0.252. The number of rotatable bonds is 6. The van der Waals surface area contributed by atoms with Crippen LogP contribution >= 0.6 is 0 Å². The average Bonchev–Trinajstić information content (AvgIpc) is 2.72. The summed E-state index contributed by atoms with van der Waals surface area (Å²) in [7, 11) is -3.57. The summed E-state index contributed by atoms with van der Waals surface area (Å²) in [4.78, 5) is 15.1. The molecular weight excluding hydrogens is 384 g/mol. The van der Waals surface area contributed by atoms with E-state index in [1.54, 1.807) is 24.3 Å². The van der Waals surface area contributed by atoms with Crippen LogP contribution in [0.3, 0.4) is 0 Å². The first kappa shape index (κ1) is 20.1. The zero-order chi connectivity index (χ0) is 20.3. The molecule has 1 saturated heterocycles. The average molecular weight is 413 g/mol. The number of nitrogens with zero attached hydrogens (tertiary/aromatic N) is 2. The topological polar surface area (TPSA) is 57.7 Å².